The molecular weight excluding hydrogens is 462 g/mol. The van der Waals surface area contributed by atoms with E-state index in [1.807, 2.05) is 42.5 Å². The van der Waals surface area contributed by atoms with Crippen LogP contribution in [-0.2, 0) is 4.79 Å². The smallest absolute Gasteiger partial charge is 0.248 e. The molecule has 7 nitrogen and oxygen atoms in total. The van der Waals surface area contributed by atoms with E-state index in [1.54, 1.807) is 0 Å². The Labute approximate surface area is 213 Å². The van der Waals surface area contributed by atoms with Crippen LogP contribution in [0.25, 0.3) is 22.9 Å². The minimum absolute atomic E-state index is 0. The van der Waals surface area contributed by atoms with E-state index in [-0.39, 0.29) is 18.3 Å². The number of carbonyl (C=O) groups excluding carboxylic acids is 1. The van der Waals surface area contributed by atoms with Gasteiger partial charge in [-0.1, -0.05) is 18.2 Å². The molecule has 35 heavy (non-hydrogen) atoms. The number of hydrogen-bond donors (Lipinski definition) is 0. The lowest BCUT2D eigenvalue weighted by Gasteiger charge is -2.40. The fraction of sp³-hybridized carbons (Fsp3) is 0.444. The van der Waals surface area contributed by atoms with Crippen LogP contribution in [0.15, 0.2) is 59.0 Å². The minimum atomic E-state index is 0. The highest BCUT2D eigenvalue weighted by molar-refractivity contribution is 5.85. The van der Waals surface area contributed by atoms with Crippen molar-refractivity contribution in [3.8, 4) is 22.9 Å². The normalized spacial score (nSPS) is 17.5. The van der Waals surface area contributed by atoms with E-state index in [9.17, 15) is 4.79 Å². The number of carbonyl (C=O) groups is 1. The number of anilines is 1. The highest BCUT2D eigenvalue weighted by Crippen LogP contribution is 2.28. The van der Waals surface area contributed by atoms with E-state index in [0.717, 1.165) is 63.2 Å². The van der Waals surface area contributed by atoms with Gasteiger partial charge in [-0.25, -0.2) is 0 Å². The molecule has 0 aliphatic carbocycles. The van der Waals surface area contributed by atoms with Gasteiger partial charge in [0.05, 0.1) is 0 Å². The number of hydrogen-bond acceptors (Lipinski definition) is 6. The van der Waals surface area contributed by atoms with Crippen molar-refractivity contribution in [2.45, 2.75) is 32.7 Å². The first-order chi connectivity index (χ1) is 16.6. The summed E-state index contributed by atoms with van der Waals surface area (Å²) in [7, 11) is 0. The summed E-state index contributed by atoms with van der Waals surface area (Å²) in [6.07, 6.45) is 1.82. The molecule has 0 radical (unpaired) electrons. The average Bonchev–Trinajstić information content (AvgIpc) is 3.40. The van der Waals surface area contributed by atoms with Gasteiger partial charge in [-0.05, 0) is 63.1 Å². The molecule has 0 saturated carbocycles. The zero-order valence-corrected chi connectivity index (χ0v) is 21.3. The number of rotatable bonds is 5. The molecule has 1 aromatic heterocycles. The summed E-state index contributed by atoms with van der Waals surface area (Å²) in [5, 5.41) is 8.40. The summed E-state index contributed by atoms with van der Waals surface area (Å²) >= 11 is 0. The maximum absolute atomic E-state index is 13.0. The summed E-state index contributed by atoms with van der Waals surface area (Å²) < 4.78 is 5.88. The molecule has 5 rings (SSSR count). The molecule has 0 atom stereocenters. The Morgan fingerprint density at radius 1 is 0.829 bits per heavy atom. The zero-order chi connectivity index (χ0) is 23.5. The van der Waals surface area contributed by atoms with Gasteiger partial charge < -0.3 is 14.2 Å². The number of nitrogens with zero attached hydrogens (tertiary/aromatic N) is 5. The highest BCUT2D eigenvalue weighted by Gasteiger charge is 2.31. The molecule has 186 valence electrons. The van der Waals surface area contributed by atoms with Gasteiger partial charge in [-0.3, -0.25) is 9.69 Å². The Morgan fingerprint density at radius 3 is 1.97 bits per heavy atom. The van der Waals surface area contributed by atoms with E-state index >= 15 is 0 Å². The number of aromatic nitrogens is 2. The van der Waals surface area contributed by atoms with Crippen LogP contribution in [0.4, 0.5) is 5.69 Å². The first-order valence-electron chi connectivity index (χ1n) is 12.4. The fourth-order valence-corrected chi connectivity index (χ4v) is 4.95. The second-order valence-electron chi connectivity index (χ2n) is 9.54. The first kappa shape index (κ1) is 25.2. The van der Waals surface area contributed by atoms with Gasteiger partial charge >= 0.3 is 0 Å². The van der Waals surface area contributed by atoms with Crippen LogP contribution in [0.3, 0.4) is 0 Å². The van der Waals surface area contributed by atoms with Gasteiger partial charge in [0.1, 0.15) is 0 Å². The van der Waals surface area contributed by atoms with Crippen LogP contribution in [0.1, 0.15) is 26.7 Å². The van der Waals surface area contributed by atoms with Crippen molar-refractivity contribution in [3.63, 3.8) is 0 Å². The van der Waals surface area contributed by atoms with Crippen molar-refractivity contribution in [2.75, 3.05) is 44.2 Å². The minimum Gasteiger partial charge on any atom is -0.416 e. The van der Waals surface area contributed by atoms with Crippen LogP contribution in [0.2, 0.25) is 0 Å². The molecule has 0 spiro atoms. The Morgan fingerprint density at radius 2 is 1.40 bits per heavy atom. The maximum atomic E-state index is 13.0. The monoisotopic (exact) mass is 495 g/mol. The van der Waals surface area contributed by atoms with Crippen LogP contribution in [0.5, 0.6) is 0 Å². The molecular formula is C27H34ClN5O2. The molecule has 2 fully saturated rings. The molecule has 2 aliphatic rings. The van der Waals surface area contributed by atoms with Gasteiger partial charge in [0.25, 0.3) is 0 Å². The van der Waals surface area contributed by atoms with E-state index in [4.69, 9.17) is 4.42 Å². The number of benzene rings is 2. The summed E-state index contributed by atoms with van der Waals surface area (Å²) in [4.78, 5) is 19.9. The second kappa shape index (κ2) is 11.2. The SMILES string of the molecule is CC(C)N1CCN(C(=O)C2CCN(c3ccc(-c4nnc(-c5ccccc5)o4)cc3)CC2)CC1.Cl. The molecule has 2 aromatic carbocycles. The van der Waals surface area contributed by atoms with Crippen LogP contribution < -0.4 is 4.90 Å². The lowest BCUT2D eigenvalue weighted by Crippen LogP contribution is -2.53. The van der Waals surface area contributed by atoms with E-state index < -0.39 is 0 Å². The third-order valence-corrected chi connectivity index (χ3v) is 7.13. The van der Waals surface area contributed by atoms with Gasteiger partial charge in [-0.15, -0.1) is 22.6 Å². The molecule has 3 aromatic rings. The third-order valence-electron chi connectivity index (χ3n) is 7.13. The van der Waals surface area contributed by atoms with E-state index in [2.05, 4.69) is 50.9 Å². The van der Waals surface area contributed by atoms with Gasteiger partial charge in [0, 0.05) is 68.0 Å². The van der Waals surface area contributed by atoms with Crippen LogP contribution in [0, 0.1) is 5.92 Å². The first-order valence-corrected chi connectivity index (χ1v) is 12.4. The van der Waals surface area contributed by atoms with Crippen molar-refractivity contribution in [3.05, 3.63) is 54.6 Å². The molecule has 0 bridgehead atoms. The van der Waals surface area contributed by atoms with E-state index in [1.165, 1.54) is 5.69 Å². The largest absolute Gasteiger partial charge is 0.416 e. The topological polar surface area (TPSA) is 65.7 Å². The molecule has 3 heterocycles. The number of piperidine rings is 1. The summed E-state index contributed by atoms with van der Waals surface area (Å²) in [5.74, 6) is 1.55. The number of piperazine rings is 1. The number of halogens is 1. The Hall–Kier alpha value is -2.90. The Balaban J connectivity index is 0.00000289. The summed E-state index contributed by atoms with van der Waals surface area (Å²) in [6.45, 7) is 9.96. The maximum Gasteiger partial charge on any atom is 0.248 e. The summed E-state index contributed by atoms with van der Waals surface area (Å²) in [6, 6.07) is 18.6. The van der Waals surface area contributed by atoms with Gasteiger partial charge in [-0.2, -0.15) is 0 Å². The number of amides is 1. The van der Waals surface area contributed by atoms with Crippen molar-refractivity contribution in [1.29, 1.82) is 0 Å². The molecule has 2 saturated heterocycles. The average molecular weight is 496 g/mol. The van der Waals surface area contributed by atoms with Crippen LogP contribution in [-0.4, -0.2) is 71.2 Å². The molecule has 0 N–H and O–H groups in total. The fourth-order valence-electron chi connectivity index (χ4n) is 4.95. The zero-order valence-electron chi connectivity index (χ0n) is 20.5. The van der Waals surface area contributed by atoms with Gasteiger partial charge in [0.2, 0.25) is 17.7 Å². The van der Waals surface area contributed by atoms with Crippen molar-refractivity contribution in [2.24, 2.45) is 5.92 Å². The highest BCUT2D eigenvalue weighted by atomic mass is 35.5. The van der Waals surface area contributed by atoms with Crippen molar-refractivity contribution >= 4 is 24.0 Å². The van der Waals surface area contributed by atoms with Crippen molar-refractivity contribution < 1.29 is 9.21 Å². The molecule has 2 aliphatic heterocycles. The molecule has 1 amide bonds. The predicted octanol–water partition coefficient (Wildman–Crippen LogP) is 4.59. The van der Waals surface area contributed by atoms with Gasteiger partial charge in [0.15, 0.2) is 0 Å². The summed E-state index contributed by atoms with van der Waals surface area (Å²) in [5.41, 5.74) is 2.99. The standard InChI is InChI=1S/C27H33N5O2.ClH/c1-20(2)30-16-18-32(19-17-30)27(33)23-12-14-31(15-13-23)24-10-8-22(9-11-24)26-29-28-25(34-26)21-6-4-3-5-7-21;/h3-11,20,23H,12-19H2,1-2H3;1H. The second-order valence-corrected chi connectivity index (χ2v) is 9.54. The van der Waals surface area contributed by atoms with Crippen molar-refractivity contribution in [1.82, 2.24) is 20.0 Å². The third kappa shape index (κ3) is 5.68. The Kier molecular flexibility index (Phi) is 8.08. The molecule has 8 heteroatoms. The van der Waals surface area contributed by atoms with E-state index in [0.29, 0.717) is 23.7 Å². The lowest BCUT2D eigenvalue weighted by molar-refractivity contribution is -0.138. The molecule has 0 unspecified atom stereocenters. The Bertz CT molecular complexity index is 1090. The lowest BCUT2D eigenvalue weighted by atomic mass is 9.94. The quantitative estimate of drug-likeness (QED) is 0.515. The predicted molar refractivity (Wildman–Crippen MR) is 141 cm³/mol. The van der Waals surface area contributed by atoms with Crippen LogP contribution >= 0.6 is 12.4 Å².